The van der Waals surface area contributed by atoms with Crippen molar-refractivity contribution in [1.29, 1.82) is 0 Å². The Bertz CT molecular complexity index is 468. The van der Waals surface area contributed by atoms with Gasteiger partial charge in [0.15, 0.2) is 5.78 Å². The number of nitrogens with zero attached hydrogens (tertiary/aromatic N) is 2. The quantitative estimate of drug-likeness (QED) is 0.716. The molecular weight excluding hydrogens is 204 g/mol. The van der Waals surface area contributed by atoms with Crippen molar-refractivity contribution in [2.45, 2.75) is 39.2 Å². The minimum absolute atomic E-state index is 0.0810. The van der Waals surface area contributed by atoms with Crippen LogP contribution in [-0.4, -0.2) is 21.5 Å². The molecule has 0 radical (unpaired) electrons. The molecule has 0 atom stereocenters. The second-order valence-corrected chi connectivity index (χ2v) is 4.14. The van der Waals surface area contributed by atoms with Gasteiger partial charge in [0.05, 0.1) is 18.3 Å². The van der Waals surface area contributed by atoms with Crippen LogP contribution < -0.4 is 0 Å². The van der Waals surface area contributed by atoms with E-state index in [0.717, 1.165) is 36.9 Å². The Hall–Kier alpha value is -1.67. The molecular formula is C12H14N2O2. The van der Waals surface area contributed by atoms with E-state index in [1.54, 1.807) is 17.5 Å². The third-order valence-corrected chi connectivity index (χ3v) is 2.86. The number of hydrogen-bond acceptors (Lipinski definition) is 3. The normalized spacial score (nSPS) is 14.1. The Labute approximate surface area is 94.0 Å². The topological polar surface area (TPSA) is 52.0 Å². The van der Waals surface area contributed by atoms with Gasteiger partial charge < -0.3 is 0 Å². The molecule has 0 aromatic carbocycles. The molecule has 1 aliphatic carbocycles. The lowest BCUT2D eigenvalue weighted by Crippen LogP contribution is -2.13. The van der Waals surface area contributed by atoms with Gasteiger partial charge in [-0.15, -0.1) is 0 Å². The molecule has 0 saturated carbocycles. The number of hydrogen-bond donors (Lipinski definition) is 0. The average Bonchev–Trinajstić information content (AvgIpc) is 2.58. The van der Waals surface area contributed by atoms with E-state index in [-0.39, 0.29) is 5.78 Å². The van der Waals surface area contributed by atoms with Crippen LogP contribution in [0.3, 0.4) is 0 Å². The number of ketones is 1. The maximum atomic E-state index is 11.1. The van der Waals surface area contributed by atoms with E-state index in [2.05, 4.69) is 5.10 Å². The smallest absolute Gasteiger partial charge is 0.151 e. The summed E-state index contributed by atoms with van der Waals surface area (Å²) in [4.78, 5) is 21.5. The summed E-state index contributed by atoms with van der Waals surface area (Å²) in [5.41, 5.74) is 2.92. The molecule has 4 heteroatoms. The zero-order valence-corrected chi connectivity index (χ0v) is 9.32. The molecule has 0 saturated heterocycles. The summed E-state index contributed by atoms with van der Waals surface area (Å²) in [6.45, 7) is 1.85. The third-order valence-electron chi connectivity index (χ3n) is 2.86. The number of carbonyl (C=O) groups is 1. The van der Waals surface area contributed by atoms with Crippen LogP contribution >= 0.6 is 0 Å². The van der Waals surface area contributed by atoms with Crippen LogP contribution in [0.2, 0.25) is 0 Å². The van der Waals surface area contributed by atoms with Crippen molar-refractivity contribution < 1.29 is 9.59 Å². The number of carbonyl (C=O) groups excluding carboxylic acids is 2. The van der Waals surface area contributed by atoms with Gasteiger partial charge in [-0.3, -0.25) is 9.48 Å². The molecule has 0 bridgehead atoms. The van der Waals surface area contributed by atoms with Gasteiger partial charge >= 0.3 is 0 Å². The van der Waals surface area contributed by atoms with E-state index in [0.29, 0.717) is 12.2 Å². The fourth-order valence-corrected chi connectivity index (χ4v) is 2.21. The lowest BCUT2D eigenvalue weighted by atomic mass is 9.95. The third kappa shape index (κ3) is 1.97. The first-order chi connectivity index (χ1) is 7.72. The molecule has 0 fully saturated rings. The summed E-state index contributed by atoms with van der Waals surface area (Å²) in [7, 11) is 0. The highest BCUT2D eigenvalue weighted by Crippen LogP contribution is 2.24. The lowest BCUT2D eigenvalue weighted by molar-refractivity contribution is -0.117. The van der Waals surface area contributed by atoms with Crippen molar-refractivity contribution in [2.75, 3.05) is 0 Å². The molecule has 1 aliphatic rings. The van der Waals surface area contributed by atoms with Crippen molar-refractivity contribution in [3.8, 4) is 0 Å². The summed E-state index contributed by atoms with van der Waals surface area (Å²) >= 11 is 0. The predicted molar refractivity (Wildman–Crippen MR) is 59.7 cm³/mol. The van der Waals surface area contributed by atoms with Gasteiger partial charge in [0.1, 0.15) is 5.94 Å². The first-order valence-corrected chi connectivity index (χ1v) is 5.51. The van der Waals surface area contributed by atoms with E-state index in [1.165, 1.54) is 6.08 Å². The highest BCUT2D eigenvalue weighted by Gasteiger charge is 2.19. The molecule has 0 spiro atoms. The Morgan fingerprint density at radius 3 is 2.94 bits per heavy atom. The summed E-state index contributed by atoms with van der Waals surface area (Å²) in [5.74, 6) is 1.85. The SMILES string of the molecule is CC(=O)Cn1nc(C=C=O)c2c1CCCC2. The van der Waals surface area contributed by atoms with Gasteiger partial charge in [-0.1, -0.05) is 0 Å². The van der Waals surface area contributed by atoms with Crippen molar-refractivity contribution in [3.63, 3.8) is 0 Å². The number of fused-ring (bicyclic) bond motifs is 1. The van der Waals surface area contributed by atoms with Crippen LogP contribution in [0.25, 0.3) is 6.08 Å². The van der Waals surface area contributed by atoms with Gasteiger partial charge in [-0.2, -0.15) is 5.10 Å². The summed E-state index contributed by atoms with van der Waals surface area (Å²) in [6, 6.07) is 0. The molecule has 4 nitrogen and oxygen atoms in total. The minimum Gasteiger partial charge on any atom is -0.298 e. The summed E-state index contributed by atoms with van der Waals surface area (Å²) in [6.07, 6.45) is 5.50. The minimum atomic E-state index is 0.0810. The highest BCUT2D eigenvalue weighted by atomic mass is 16.1. The fraction of sp³-hybridized carbons (Fsp3) is 0.500. The Morgan fingerprint density at radius 2 is 2.25 bits per heavy atom. The van der Waals surface area contributed by atoms with Crippen LogP contribution in [0.1, 0.15) is 36.7 Å². The highest BCUT2D eigenvalue weighted by molar-refractivity contribution is 5.76. The van der Waals surface area contributed by atoms with Gasteiger partial charge in [-0.25, -0.2) is 4.79 Å². The van der Waals surface area contributed by atoms with Gasteiger partial charge in [0.25, 0.3) is 0 Å². The molecule has 2 rings (SSSR count). The van der Waals surface area contributed by atoms with E-state index in [9.17, 15) is 9.59 Å². The molecule has 16 heavy (non-hydrogen) atoms. The molecule has 0 aliphatic heterocycles. The maximum Gasteiger partial charge on any atom is 0.151 e. The van der Waals surface area contributed by atoms with Crippen LogP contribution in [0, 0.1) is 0 Å². The fourth-order valence-electron chi connectivity index (χ4n) is 2.21. The number of rotatable bonds is 3. The van der Waals surface area contributed by atoms with Gasteiger partial charge in [0, 0.05) is 11.3 Å². The van der Waals surface area contributed by atoms with E-state index >= 15 is 0 Å². The first-order valence-electron chi connectivity index (χ1n) is 5.51. The summed E-state index contributed by atoms with van der Waals surface area (Å²) < 4.78 is 1.74. The monoisotopic (exact) mass is 218 g/mol. The Balaban J connectivity index is 2.45. The van der Waals surface area contributed by atoms with Crippen molar-refractivity contribution in [1.82, 2.24) is 9.78 Å². The van der Waals surface area contributed by atoms with Gasteiger partial charge in [-0.05, 0) is 32.6 Å². The van der Waals surface area contributed by atoms with E-state index in [4.69, 9.17) is 0 Å². The van der Waals surface area contributed by atoms with Crippen LogP contribution in [-0.2, 0) is 29.0 Å². The molecule has 0 unspecified atom stereocenters. The maximum absolute atomic E-state index is 11.1. The molecule has 1 aromatic rings. The predicted octanol–water partition coefficient (Wildman–Crippen LogP) is 1.20. The Kier molecular flexibility index (Phi) is 3.02. The van der Waals surface area contributed by atoms with Crippen LogP contribution in [0.15, 0.2) is 0 Å². The molecule has 1 aromatic heterocycles. The number of aromatic nitrogens is 2. The van der Waals surface area contributed by atoms with Crippen molar-refractivity contribution >= 4 is 17.8 Å². The first kappa shape index (κ1) is 10.8. The molecule has 84 valence electrons. The Morgan fingerprint density at radius 1 is 1.50 bits per heavy atom. The largest absolute Gasteiger partial charge is 0.298 e. The number of Topliss-reactive ketones (excluding diaryl/α,β-unsaturated/α-hetero) is 1. The average molecular weight is 218 g/mol. The molecule has 0 N–H and O–H groups in total. The second kappa shape index (κ2) is 4.45. The van der Waals surface area contributed by atoms with E-state index in [1.807, 2.05) is 0 Å². The molecule has 0 amide bonds. The van der Waals surface area contributed by atoms with E-state index < -0.39 is 0 Å². The standard InChI is InChI=1S/C12H14N2O2/c1-9(16)8-14-12-5-3-2-4-10(12)11(13-14)6-7-15/h6H,2-5,8H2,1H3. The van der Waals surface area contributed by atoms with Crippen LogP contribution in [0.4, 0.5) is 0 Å². The second-order valence-electron chi connectivity index (χ2n) is 4.14. The zero-order valence-electron chi connectivity index (χ0n) is 9.32. The van der Waals surface area contributed by atoms with Crippen LogP contribution in [0.5, 0.6) is 0 Å². The van der Waals surface area contributed by atoms with Crippen molar-refractivity contribution in [2.24, 2.45) is 0 Å². The van der Waals surface area contributed by atoms with Gasteiger partial charge in [0.2, 0.25) is 0 Å². The van der Waals surface area contributed by atoms with Crippen molar-refractivity contribution in [3.05, 3.63) is 17.0 Å². The lowest BCUT2D eigenvalue weighted by Gasteiger charge is -2.13. The molecule has 1 heterocycles. The zero-order chi connectivity index (χ0) is 11.5. The summed E-state index contributed by atoms with van der Waals surface area (Å²) in [5, 5.41) is 4.30.